The molecule has 1 atom stereocenters. The van der Waals surface area contributed by atoms with Gasteiger partial charge < -0.3 is 10.6 Å². The van der Waals surface area contributed by atoms with Gasteiger partial charge in [-0.1, -0.05) is 11.6 Å². The number of alkyl halides is 2. The number of anilines is 1. The van der Waals surface area contributed by atoms with E-state index in [4.69, 9.17) is 11.6 Å². The monoisotopic (exact) mass is 262 g/mol. The van der Waals surface area contributed by atoms with Gasteiger partial charge in [0.25, 0.3) is 12.3 Å². The second-order valence-electron chi connectivity index (χ2n) is 3.54. The number of rotatable bonds is 4. The maximum absolute atomic E-state index is 12.4. The molecule has 2 N–H and O–H groups in total. The summed E-state index contributed by atoms with van der Waals surface area (Å²) >= 11 is 5.83. The smallest absolute Gasteiger partial charge is 0.258 e. The summed E-state index contributed by atoms with van der Waals surface area (Å²) in [6.45, 7) is 1.36. The molecule has 1 aromatic rings. The molecule has 1 aromatic carbocycles. The topological polar surface area (TPSA) is 41.1 Å². The van der Waals surface area contributed by atoms with Crippen LogP contribution in [0, 0.1) is 0 Å². The summed E-state index contributed by atoms with van der Waals surface area (Å²) in [5, 5.41) is 5.30. The highest BCUT2D eigenvalue weighted by molar-refractivity contribution is 6.34. The molecule has 0 saturated carbocycles. The number of benzene rings is 1. The first-order valence-corrected chi connectivity index (χ1v) is 5.39. The van der Waals surface area contributed by atoms with E-state index in [2.05, 4.69) is 10.6 Å². The minimum absolute atomic E-state index is 0.251. The molecule has 0 aliphatic heterocycles. The second-order valence-corrected chi connectivity index (χ2v) is 3.95. The van der Waals surface area contributed by atoms with Crippen LogP contribution in [0.2, 0.25) is 5.02 Å². The molecule has 3 nitrogen and oxygen atoms in total. The van der Waals surface area contributed by atoms with E-state index in [0.717, 1.165) is 0 Å². The molecule has 0 aliphatic carbocycles. The lowest BCUT2D eigenvalue weighted by molar-refractivity contribution is 0.0963. The Balaban J connectivity index is 2.93. The van der Waals surface area contributed by atoms with Gasteiger partial charge in [-0.3, -0.25) is 4.79 Å². The van der Waals surface area contributed by atoms with Crippen LogP contribution in [-0.4, -0.2) is 25.4 Å². The summed E-state index contributed by atoms with van der Waals surface area (Å²) in [6.07, 6.45) is -2.48. The van der Waals surface area contributed by atoms with Crippen molar-refractivity contribution in [3.63, 3.8) is 0 Å². The summed E-state index contributed by atoms with van der Waals surface area (Å²) in [7, 11) is 1.47. The number of carbonyl (C=O) groups excluding carboxylic acids is 1. The van der Waals surface area contributed by atoms with E-state index in [9.17, 15) is 13.6 Å². The van der Waals surface area contributed by atoms with Crippen LogP contribution in [0.25, 0.3) is 0 Å². The third kappa shape index (κ3) is 3.56. The van der Waals surface area contributed by atoms with Crippen molar-refractivity contribution in [3.05, 3.63) is 28.8 Å². The molecule has 1 unspecified atom stereocenters. The van der Waals surface area contributed by atoms with Gasteiger partial charge in [-0.15, -0.1) is 0 Å². The number of nitrogens with one attached hydrogen (secondary N) is 2. The Morgan fingerprint density at radius 1 is 1.41 bits per heavy atom. The molecule has 0 saturated heterocycles. The van der Waals surface area contributed by atoms with E-state index in [0.29, 0.717) is 5.69 Å². The van der Waals surface area contributed by atoms with Crippen LogP contribution in [0.4, 0.5) is 14.5 Å². The zero-order chi connectivity index (χ0) is 13.0. The fourth-order valence-corrected chi connectivity index (χ4v) is 1.45. The molecule has 94 valence electrons. The molecule has 0 heterocycles. The van der Waals surface area contributed by atoms with Crippen LogP contribution in [-0.2, 0) is 0 Å². The molecule has 0 aromatic heterocycles. The molecule has 0 spiro atoms. The van der Waals surface area contributed by atoms with Crippen molar-refractivity contribution in [2.24, 2.45) is 0 Å². The lowest BCUT2D eigenvalue weighted by Crippen LogP contribution is -2.24. The molecule has 17 heavy (non-hydrogen) atoms. The fraction of sp³-hybridized carbons (Fsp3) is 0.364. The Bertz CT molecular complexity index is 412. The minimum atomic E-state index is -2.48. The van der Waals surface area contributed by atoms with Crippen molar-refractivity contribution in [1.82, 2.24) is 5.32 Å². The van der Waals surface area contributed by atoms with Crippen LogP contribution in [0.1, 0.15) is 17.3 Å². The molecular formula is C11H13ClF2N2O. The van der Waals surface area contributed by atoms with E-state index in [1.54, 1.807) is 6.07 Å². The minimum Gasteiger partial charge on any atom is -0.377 e. The van der Waals surface area contributed by atoms with Gasteiger partial charge in [0.1, 0.15) is 0 Å². The summed E-state index contributed by atoms with van der Waals surface area (Å²) in [5.41, 5.74) is 0.682. The zero-order valence-electron chi connectivity index (χ0n) is 9.43. The van der Waals surface area contributed by atoms with Crippen molar-refractivity contribution in [3.8, 4) is 0 Å². The van der Waals surface area contributed by atoms with E-state index >= 15 is 0 Å². The quantitative estimate of drug-likeness (QED) is 0.876. The van der Waals surface area contributed by atoms with Crippen LogP contribution < -0.4 is 10.6 Å². The average Bonchev–Trinajstić information content (AvgIpc) is 2.30. The number of hydrogen-bond acceptors (Lipinski definition) is 2. The van der Waals surface area contributed by atoms with Gasteiger partial charge in [-0.05, 0) is 25.1 Å². The molecule has 0 radical (unpaired) electrons. The second kappa shape index (κ2) is 5.82. The highest BCUT2D eigenvalue weighted by atomic mass is 35.5. The normalized spacial score (nSPS) is 12.4. The van der Waals surface area contributed by atoms with Crippen molar-refractivity contribution < 1.29 is 13.6 Å². The highest BCUT2D eigenvalue weighted by Crippen LogP contribution is 2.21. The summed E-state index contributed by atoms with van der Waals surface area (Å²) in [5.74, 6) is -0.358. The first-order chi connectivity index (χ1) is 7.95. The van der Waals surface area contributed by atoms with Crippen molar-refractivity contribution >= 4 is 23.2 Å². The standard InChI is InChI=1S/C11H13ClF2N2O/c1-6(10(13)14)16-7-3-4-9(12)8(5-7)11(17)15-2/h3-6,10,16H,1-2H3,(H,15,17). The van der Waals surface area contributed by atoms with Gasteiger partial charge in [-0.25, -0.2) is 8.78 Å². The Hall–Kier alpha value is -1.36. The molecule has 6 heteroatoms. The lowest BCUT2D eigenvalue weighted by atomic mass is 10.1. The van der Waals surface area contributed by atoms with E-state index in [-0.39, 0.29) is 16.5 Å². The van der Waals surface area contributed by atoms with Gasteiger partial charge in [0, 0.05) is 12.7 Å². The van der Waals surface area contributed by atoms with Crippen molar-refractivity contribution in [2.75, 3.05) is 12.4 Å². The third-order valence-corrected chi connectivity index (χ3v) is 2.54. The Morgan fingerprint density at radius 2 is 2.06 bits per heavy atom. The Labute approximate surface area is 103 Å². The zero-order valence-corrected chi connectivity index (χ0v) is 10.2. The van der Waals surface area contributed by atoms with E-state index < -0.39 is 12.5 Å². The van der Waals surface area contributed by atoms with Gasteiger partial charge in [0.05, 0.1) is 16.6 Å². The molecule has 1 rings (SSSR count). The SMILES string of the molecule is CNC(=O)c1cc(NC(C)C(F)F)ccc1Cl. The van der Waals surface area contributed by atoms with E-state index in [1.807, 2.05) is 0 Å². The first-order valence-electron chi connectivity index (χ1n) is 5.02. The fourth-order valence-electron chi connectivity index (χ4n) is 1.25. The van der Waals surface area contributed by atoms with Crippen molar-refractivity contribution in [2.45, 2.75) is 19.4 Å². The molecule has 1 amide bonds. The molecule has 0 bridgehead atoms. The number of halogens is 3. The molecular weight excluding hydrogens is 250 g/mol. The van der Waals surface area contributed by atoms with Crippen molar-refractivity contribution in [1.29, 1.82) is 0 Å². The maximum Gasteiger partial charge on any atom is 0.258 e. The third-order valence-electron chi connectivity index (χ3n) is 2.21. The predicted molar refractivity (Wildman–Crippen MR) is 63.9 cm³/mol. The van der Waals surface area contributed by atoms with Gasteiger partial charge in [-0.2, -0.15) is 0 Å². The summed E-state index contributed by atoms with van der Waals surface area (Å²) in [6, 6.07) is 3.49. The van der Waals surface area contributed by atoms with E-state index in [1.165, 1.54) is 26.1 Å². The highest BCUT2D eigenvalue weighted by Gasteiger charge is 2.15. The average molecular weight is 263 g/mol. The first kappa shape index (κ1) is 13.7. The van der Waals surface area contributed by atoms with Gasteiger partial charge >= 0.3 is 0 Å². The largest absolute Gasteiger partial charge is 0.377 e. The summed E-state index contributed by atoms with van der Waals surface area (Å²) < 4.78 is 24.7. The molecule has 0 aliphatic rings. The lowest BCUT2D eigenvalue weighted by Gasteiger charge is -2.15. The Kier molecular flexibility index (Phi) is 4.69. The van der Waals surface area contributed by atoms with Crippen LogP contribution in [0.15, 0.2) is 18.2 Å². The number of carbonyl (C=O) groups is 1. The van der Waals surface area contributed by atoms with Gasteiger partial charge in [0.2, 0.25) is 0 Å². The molecule has 0 fully saturated rings. The van der Waals surface area contributed by atoms with Crippen LogP contribution in [0.3, 0.4) is 0 Å². The maximum atomic E-state index is 12.4. The predicted octanol–water partition coefficient (Wildman–Crippen LogP) is 2.77. The number of amides is 1. The van der Waals surface area contributed by atoms with Gasteiger partial charge in [0.15, 0.2) is 0 Å². The van der Waals surface area contributed by atoms with Crippen LogP contribution in [0.5, 0.6) is 0 Å². The summed E-state index contributed by atoms with van der Waals surface area (Å²) in [4.78, 5) is 11.4. The Morgan fingerprint density at radius 3 is 2.59 bits per heavy atom. The number of hydrogen-bond donors (Lipinski definition) is 2. The van der Waals surface area contributed by atoms with Crippen LogP contribution >= 0.6 is 11.6 Å².